The Morgan fingerprint density at radius 3 is 2.45 bits per heavy atom. The van der Waals surface area contributed by atoms with Gasteiger partial charge >= 0.3 is 6.03 Å². The van der Waals surface area contributed by atoms with Crippen molar-refractivity contribution in [1.82, 2.24) is 10.2 Å². The zero-order valence-electron chi connectivity index (χ0n) is 18.1. The maximum absolute atomic E-state index is 14.0. The third-order valence-corrected chi connectivity index (χ3v) is 5.06. The topological polar surface area (TPSA) is 67.9 Å². The van der Waals surface area contributed by atoms with E-state index in [4.69, 9.17) is 9.47 Å². The highest BCUT2D eigenvalue weighted by Crippen LogP contribution is 2.30. The van der Waals surface area contributed by atoms with Gasteiger partial charge in [-0.05, 0) is 42.3 Å². The summed E-state index contributed by atoms with van der Waals surface area (Å²) in [6, 6.07) is 20.5. The normalized spacial score (nSPS) is 14.5. The van der Waals surface area contributed by atoms with E-state index in [1.165, 1.54) is 6.07 Å². The van der Waals surface area contributed by atoms with Crippen LogP contribution in [0.25, 0.3) is 6.08 Å². The number of hydrogen-bond acceptors (Lipinski definition) is 4. The van der Waals surface area contributed by atoms with Crippen LogP contribution in [0.5, 0.6) is 11.5 Å². The number of nitrogens with zero attached hydrogens (tertiary/aromatic N) is 1. The highest BCUT2D eigenvalue weighted by molar-refractivity contribution is 6.13. The van der Waals surface area contributed by atoms with Crippen molar-refractivity contribution in [2.75, 3.05) is 6.61 Å². The van der Waals surface area contributed by atoms with Gasteiger partial charge < -0.3 is 14.8 Å². The summed E-state index contributed by atoms with van der Waals surface area (Å²) in [4.78, 5) is 26.1. The molecule has 0 unspecified atom stereocenters. The summed E-state index contributed by atoms with van der Waals surface area (Å²) >= 11 is 0. The summed E-state index contributed by atoms with van der Waals surface area (Å²) in [6.45, 7) is 2.55. The van der Waals surface area contributed by atoms with Gasteiger partial charge in [0, 0.05) is 5.56 Å². The number of ether oxygens (including phenoxy) is 2. The predicted octanol–water partition coefficient (Wildman–Crippen LogP) is 4.90. The Morgan fingerprint density at radius 1 is 0.939 bits per heavy atom. The largest absolute Gasteiger partial charge is 0.490 e. The third-order valence-electron chi connectivity index (χ3n) is 5.06. The van der Waals surface area contributed by atoms with Crippen LogP contribution in [0.2, 0.25) is 0 Å². The fourth-order valence-electron chi connectivity index (χ4n) is 3.42. The predicted molar refractivity (Wildman–Crippen MR) is 122 cm³/mol. The molecule has 1 aliphatic heterocycles. The van der Waals surface area contributed by atoms with Crippen molar-refractivity contribution in [2.45, 2.75) is 20.1 Å². The molecule has 1 aliphatic rings. The van der Waals surface area contributed by atoms with E-state index in [0.717, 1.165) is 10.5 Å². The standard InChI is InChI=1S/C26H23FN2O4/c1-2-32-24-15-19(12-13-23(24)33-17-18-8-4-3-5-9-18)14-22-25(30)29(26(31)28-22)16-20-10-6-7-11-21(20)27/h3-15H,2,16-17H2,1H3,(H,28,31). The van der Waals surface area contributed by atoms with Crippen LogP contribution in [-0.4, -0.2) is 23.4 Å². The molecule has 1 heterocycles. The molecule has 33 heavy (non-hydrogen) atoms. The molecule has 0 aliphatic carbocycles. The second kappa shape index (κ2) is 9.99. The maximum atomic E-state index is 14.0. The third kappa shape index (κ3) is 5.20. The molecule has 3 amide bonds. The zero-order chi connectivity index (χ0) is 23.2. The molecule has 1 fully saturated rings. The summed E-state index contributed by atoms with van der Waals surface area (Å²) in [5.74, 6) is 0.113. The Balaban J connectivity index is 1.51. The number of halogens is 1. The van der Waals surface area contributed by atoms with Crippen molar-refractivity contribution in [3.63, 3.8) is 0 Å². The Labute approximate surface area is 191 Å². The highest BCUT2D eigenvalue weighted by atomic mass is 19.1. The summed E-state index contributed by atoms with van der Waals surface area (Å²) < 4.78 is 25.6. The lowest BCUT2D eigenvalue weighted by Crippen LogP contribution is -2.30. The van der Waals surface area contributed by atoms with Crippen molar-refractivity contribution in [3.8, 4) is 11.5 Å². The minimum Gasteiger partial charge on any atom is -0.490 e. The van der Waals surface area contributed by atoms with E-state index in [9.17, 15) is 14.0 Å². The molecule has 0 spiro atoms. The number of benzene rings is 3. The summed E-state index contributed by atoms with van der Waals surface area (Å²) in [7, 11) is 0. The molecule has 168 valence electrons. The Morgan fingerprint density at radius 2 is 1.70 bits per heavy atom. The van der Waals surface area contributed by atoms with Gasteiger partial charge in [-0.25, -0.2) is 9.18 Å². The van der Waals surface area contributed by atoms with Crippen LogP contribution in [-0.2, 0) is 17.9 Å². The summed E-state index contributed by atoms with van der Waals surface area (Å²) in [5, 5.41) is 2.56. The second-order valence-corrected chi connectivity index (χ2v) is 7.38. The maximum Gasteiger partial charge on any atom is 0.329 e. The van der Waals surface area contributed by atoms with Crippen LogP contribution in [0, 0.1) is 5.82 Å². The number of carbonyl (C=O) groups is 2. The fraction of sp³-hybridized carbons (Fsp3) is 0.154. The van der Waals surface area contributed by atoms with Gasteiger partial charge in [-0.3, -0.25) is 9.69 Å². The van der Waals surface area contributed by atoms with Crippen molar-refractivity contribution in [3.05, 3.63) is 101 Å². The number of hydrogen-bond donors (Lipinski definition) is 1. The number of urea groups is 1. The molecular formula is C26H23FN2O4. The van der Waals surface area contributed by atoms with Crippen LogP contribution >= 0.6 is 0 Å². The molecule has 4 rings (SSSR count). The molecular weight excluding hydrogens is 423 g/mol. The molecule has 7 heteroatoms. The second-order valence-electron chi connectivity index (χ2n) is 7.38. The Bertz CT molecular complexity index is 1190. The van der Waals surface area contributed by atoms with Gasteiger partial charge in [-0.1, -0.05) is 54.6 Å². The molecule has 3 aromatic rings. The van der Waals surface area contributed by atoms with E-state index < -0.39 is 17.8 Å². The number of imide groups is 1. The van der Waals surface area contributed by atoms with Crippen LogP contribution in [0.15, 0.2) is 78.5 Å². The van der Waals surface area contributed by atoms with Gasteiger partial charge in [-0.2, -0.15) is 0 Å². The van der Waals surface area contributed by atoms with E-state index in [2.05, 4.69) is 5.32 Å². The first-order valence-electron chi connectivity index (χ1n) is 10.6. The average Bonchev–Trinajstić information content (AvgIpc) is 3.08. The minimum absolute atomic E-state index is 0.108. The Kier molecular flexibility index (Phi) is 6.69. The average molecular weight is 446 g/mol. The highest BCUT2D eigenvalue weighted by Gasteiger charge is 2.34. The van der Waals surface area contributed by atoms with E-state index in [1.807, 2.05) is 37.3 Å². The van der Waals surface area contributed by atoms with Crippen LogP contribution in [0.4, 0.5) is 9.18 Å². The molecule has 0 saturated carbocycles. The smallest absolute Gasteiger partial charge is 0.329 e. The summed E-state index contributed by atoms with van der Waals surface area (Å²) in [6.07, 6.45) is 1.56. The van der Waals surface area contributed by atoms with Gasteiger partial charge in [0.1, 0.15) is 18.1 Å². The van der Waals surface area contributed by atoms with Crippen LogP contribution in [0.1, 0.15) is 23.6 Å². The monoisotopic (exact) mass is 446 g/mol. The first-order chi connectivity index (χ1) is 16.0. The number of carbonyl (C=O) groups excluding carboxylic acids is 2. The molecule has 0 atom stereocenters. The molecule has 0 bridgehead atoms. The van der Waals surface area contributed by atoms with E-state index in [-0.39, 0.29) is 17.8 Å². The lowest BCUT2D eigenvalue weighted by atomic mass is 10.1. The number of nitrogens with one attached hydrogen (secondary N) is 1. The Hall–Kier alpha value is -4.13. The van der Waals surface area contributed by atoms with Crippen LogP contribution < -0.4 is 14.8 Å². The molecule has 0 radical (unpaired) electrons. The molecule has 1 N–H and O–H groups in total. The molecule has 1 saturated heterocycles. The molecule has 0 aromatic heterocycles. The minimum atomic E-state index is -0.595. The first-order valence-corrected chi connectivity index (χ1v) is 10.6. The van der Waals surface area contributed by atoms with E-state index in [1.54, 1.807) is 42.5 Å². The van der Waals surface area contributed by atoms with Crippen molar-refractivity contribution in [2.24, 2.45) is 0 Å². The van der Waals surface area contributed by atoms with Crippen molar-refractivity contribution in [1.29, 1.82) is 0 Å². The van der Waals surface area contributed by atoms with Crippen molar-refractivity contribution < 1.29 is 23.5 Å². The number of amides is 3. The lowest BCUT2D eigenvalue weighted by Gasteiger charge is -2.13. The molecule has 3 aromatic carbocycles. The van der Waals surface area contributed by atoms with Crippen LogP contribution in [0.3, 0.4) is 0 Å². The van der Waals surface area contributed by atoms with Gasteiger partial charge in [0.2, 0.25) is 0 Å². The lowest BCUT2D eigenvalue weighted by molar-refractivity contribution is -0.123. The zero-order valence-corrected chi connectivity index (χ0v) is 18.1. The summed E-state index contributed by atoms with van der Waals surface area (Å²) in [5.41, 5.74) is 2.06. The molecule has 6 nitrogen and oxygen atoms in total. The quantitative estimate of drug-likeness (QED) is 0.395. The van der Waals surface area contributed by atoms with Gasteiger partial charge in [0.25, 0.3) is 5.91 Å². The first kappa shape index (κ1) is 22.1. The fourth-order valence-corrected chi connectivity index (χ4v) is 3.42. The number of rotatable bonds is 8. The van der Waals surface area contributed by atoms with Gasteiger partial charge in [0.05, 0.1) is 13.2 Å². The van der Waals surface area contributed by atoms with E-state index in [0.29, 0.717) is 30.3 Å². The van der Waals surface area contributed by atoms with Gasteiger partial charge in [-0.15, -0.1) is 0 Å². The SMILES string of the molecule is CCOc1cc(C=C2NC(=O)N(Cc3ccccc3F)C2=O)ccc1OCc1ccccc1. The van der Waals surface area contributed by atoms with Gasteiger partial charge in [0.15, 0.2) is 11.5 Å². The van der Waals surface area contributed by atoms with E-state index >= 15 is 0 Å². The van der Waals surface area contributed by atoms with Crippen molar-refractivity contribution >= 4 is 18.0 Å².